The van der Waals surface area contributed by atoms with E-state index in [1.54, 1.807) is 12.3 Å². The second kappa shape index (κ2) is 6.80. The standard InChI is InChI=1S/C19H22FN3O2/c1-25-16-11-13(20)2-3-15(16)12-6-9-23-17(10-12)19(18(22)24)7-4-14(21)5-8-19/h2-3,6,9-11,14H,4-5,7-8,21H2,1H3,(H2,22,24). The summed E-state index contributed by atoms with van der Waals surface area (Å²) in [5.41, 5.74) is 13.1. The minimum atomic E-state index is -0.806. The molecule has 1 aliphatic rings. The fourth-order valence-corrected chi connectivity index (χ4v) is 3.53. The first-order valence-corrected chi connectivity index (χ1v) is 8.32. The van der Waals surface area contributed by atoms with E-state index in [-0.39, 0.29) is 17.8 Å². The Morgan fingerprint density at radius 1 is 1.28 bits per heavy atom. The van der Waals surface area contributed by atoms with Crippen molar-refractivity contribution < 1.29 is 13.9 Å². The topological polar surface area (TPSA) is 91.2 Å². The number of aromatic nitrogens is 1. The van der Waals surface area contributed by atoms with E-state index in [4.69, 9.17) is 16.2 Å². The molecule has 5 nitrogen and oxygen atoms in total. The summed E-state index contributed by atoms with van der Waals surface area (Å²) in [6.07, 6.45) is 4.27. The summed E-state index contributed by atoms with van der Waals surface area (Å²) < 4.78 is 18.7. The molecular formula is C19H22FN3O2. The number of nitrogens with two attached hydrogens (primary N) is 2. The molecule has 1 heterocycles. The minimum Gasteiger partial charge on any atom is -0.496 e. The molecule has 1 amide bonds. The third kappa shape index (κ3) is 3.22. The predicted octanol–water partition coefficient (Wildman–Crippen LogP) is 2.52. The molecule has 0 bridgehead atoms. The van der Waals surface area contributed by atoms with Gasteiger partial charge in [0.05, 0.1) is 18.2 Å². The number of hydrogen-bond donors (Lipinski definition) is 2. The van der Waals surface area contributed by atoms with Gasteiger partial charge in [-0.25, -0.2) is 4.39 Å². The van der Waals surface area contributed by atoms with Gasteiger partial charge in [-0.3, -0.25) is 9.78 Å². The molecule has 0 spiro atoms. The van der Waals surface area contributed by atoms with Gasteiger partial charge in [0.1, 0.15) is 11.6 Å². The molecule has 1 aromatic heterocycles. The Bertz CT molecular complexity index is 786. The average Bonchev–Trinajstić information content (AvgIpc) is 2.62. The Hall–Kier alpha value is -2.47. The summed E-state index contributed by atoms with van der Waals surface area (Å²) in [6, 6.07) is 8.11. The summed E-state index contributed by atoms with van der Waals surface area (Å²) in [5.74, 6) is -0.323. The van der Waals surface area contributed by atoms with Gasteiger partial charge in [-0.05, 0) is 55.5 Å². The quantitative estimate of drug-likeness (QED) is 0.892. The molecule has 1 aliphatic carbocycles. The fraction of sp³-hybridized carbons (Fsp3) is 0.368. The van der Waals surface area contributed by atoms with Crippen molar-refractivity contribution in [1.29, 1.82) is 0 Å². The molecule has 0 atom stereocenters. The van der Waals surface area contributed by atoms with Gasteiger partial charge in [0.25, 0.3) is 0 Å². The maximum Gasteiger partial charge on any atom is 0.229 e. The number of benzene rings is 1. The maximum atomic E-state index is 13.5. The van der Waals surface area contributed by atoms with Gasteiger partial charge in [-0.2, -0.15) is 0 Å². The van der Waals surface area contributed by atoms with Crippen LogP contribution in [0.2, 0.25) is 0 Å². The zero-order valence-corrected chi connectivity index (χ0v) is 14.2. The molecule has 4 N–H and O–H groups in total. The number of ether oxygens (including phenoxy) is 1. The number of methoxy groups -OCH3 is 1. The largest absolute Gasteiger partial charge is 0.496 e. The van der Waals surface area contributed by atoms with Gasteiger partial charge >= 0.3 is 0 Å². The summed E-state index contributed by atoms with van der Waals surface area (Å²) in [4.78, 5) is 16.7. The lowest BCUT2D eigenvalue weighted by Gasteiger charge is -2.36. The first-order chi connectivity index (χ1) is 12.0. The van der Waals surface area contributed by atoms with Crippen molar-refractivity contribution >= 4 is 5.91 Å². The van der Waals surface area contributed by atoms with Crippen LogP contribution in [-0.2, 0) is 10.2 Å². The summed E-state index contributed by atoms with van der Waals surface area (Å²) in [6.45, 7) is 0. The molecule has 0 radical (unpaired) electrons. The summed E-state index contributed by atoms with van der Waals surface area (Å²) in [7, 11) is 1.49. The van der Waals surface area contributed by atoms with Crippen LogP contribution in [0.15, 0.2) is 36.5 Å². The molecule has 6 heteroatoms. The molecule has 25 heavy (non-hydrogen) atoms. The van der Waals surface area contributed by atoms with Crippen LogP contribution in [0, 0.1) is 5.82 Å². The molecule has 2 aromatic rings. The van der Waals surface area contributed by atoms with Crippen molar-refractivity contribution in [2.75, 3.05) is 7.11 Å². The summed E-state index contributed by atoms with van der Waals surface area (Å²) >= 11 is 0. The fourth-order valence-electron chi connectivity index (χ4n) is 3.53. The Balaban J connectivity index is 2.06. The number of pyridine rings is 1. The molecule has 3 rings (SSSR count). The molecule has 0 aliphatic heterocycles. The number of halogens is 1. The van der Waals surface area contributed by atoms with E-state index in [2.05, 4.69) is 4.98 Å². The SMILES string of the molecule is COc1cc(F)ccc1-c1ccnc(C2(C(N)=O)CCC(N)CC2)c1. The highest BCUT2D eigenvalue weighted by Gasteiger charge is 2.42. The van der Waals surface area contributed by atoms with Gasteiger partial charge in [-0.15, -0.1) is 0 Å². The van der Waals surface area contributed by atoms with Crippen LogP contribution in [-0.4, -0.2) is 24.0 Å². The second-order valence-electron chi connectivity index (χ2n) is 6.56. The van der Waals surface area contributed by atoms with E-state index in [9.17, 15) is 9.18 Å². The van der Waals surface area contributed by atoms with Gasteiger partial charge in [0.15, 0.2) is 0 Å². The van der Waals surface area contributed by atoms with E-state index in [1.807, 2.05) is 12.1 Å². The number of carbonyl (C=O) groups is 1. The van der Waals surface area contributed by atoms with Crippen molar-refractivity contribution in [2.24, 2.45) is 11.5 Å². The van der Waals surface area contributed by atoms with E-state index in [1.165, 1.54) is 19.2 Å². The van der Waals surface area contributed by atoms with E-state index >= 15 is 0 Å². The Morgan fingerprint density at radius 2 is 2.00 bits per heavy atom. The summed E-state index contributed by atoms with van der Waals surface area (Å²) in [5, 5.41) is 0. The highest BCUT2D eigenvalue weighted by Crippen LogP contribution is 2.40. The maximum absolute atomic E-state index is 13.5. The number of carbonyl (C=O) groups excluding carboxylic acids is 1. The first kappa shape index (κ1) is 17.4. The molecule has 0 saturated heterocycles. The van der Waals surface area contributed by atoms with Crippen LogP contribution in [0.3, 0.4) is 0 Å². The lowest BCUT2D eigenvalue weighted by molar-refractivity contribution is -0.125. The number of primary amides is 1. The normalized spacial score (nSPS) is 23.2. The second-order valence-corrected chi connectivity index (χ2v) is 6.56. The molecule has 1 fully saturated rings. The van der Waals surface area contributed by atoms with E-state index < -0.39 is 5.41 Å². The third-order valence-corrected chi connectivity index (χ3v) is 5.08. The van der Waals surface area contributed by atoms with E-state index in [0.29, 0.717) is 24.3 Å². The third-order valence-electron chi connectivity index (χ3n) is 5.08. The lowest BCUT2D eigenvalue weighted by Crippen LogP contribution is -2.46. The van der Waals surface area contributed by atoms with Gasteiger partial charge in [-0.1, -0.05) is 0 Å². The minimum absolute atomic E-state index is 0.0906. The number of hydrogen-bond acceptors (Lipinski definition) is 4. The van der Waals surface area contributed by atoms with Crippen LogP contribution in [0.4, 0.5) is 4.39 Å². The van der Waals surface area contributed by atoms with Gasteiger partial charge in [0.2, 0.25) is 5.91 Å². The molecule has 132 valence electrons. The lowest BCUT2D eigenvalue weighted by atomic mass is 9.69. The molecule has 1 aromatic carbocycles. The first-order valence-electron chi connectivity index (χ1n) is 8.32. The Kier molecular flexibility index (Phi) is 4.72. The highest BCUT2D eigenvalue weighted by atomic mass is 19.1. The van der Waals surface area contributed by atoms with Crippen LogP contribution in [0.1, 0.15) is 31.4 Å². The Labute approximate surface area is 146 Å². The van der Waals surface area contributed by atoms with Crippen LogP contribution in [0.5, 0.6) is 5.75 Å². The number of amides is 1. The highest BCUT2D eigenvalue weighted by molar-refractivity contribution is 5.87. The van der Waals surface area contributed by atoms with E-state index in [0.717, 1.165) is 24.0 Å². The molecular weight excluding hydrogens is 321 g/mol. The molecule has 1 saturated carbocycles. The van der Waals surface area contributed by atoms with Gasteiger partial charge in [0, 0.05) is 23.9 Å². The van der Waals surface area contributed by atoms with Crippen molar-refractivity contribution in [3.05, 3.63) is 48.0 Å². The average molecular weight is 343 g/mol. The van der Waals surface area contributed by atoms with Crippen molar-refractivity contribution in [2.45, 2.75) is 37.1 Å². The zero-order chi connectivity index (χ0) is 18.0. The Morgan fingerprint density at radius 3 is 2.64 bits per heavy atom. The number of rotatable bonds is 4. The smallest absolute Gasteiger partial charge is 0.229 e. The zero-order valence-electron chi connectivity index (χ0n) is 14.2. The van der Waals surface area contributed by atoms with Crippen molar-refractivity contribution in [3.63, 3.8) is 0 Å². The van der Waals surface area contributed by atoms with Crippen molar-refractivity contribution in [1.82, 2.24) is 4.98 Å². The van der Waals surface area contributed by atoms with Gasteiger partial charge < -0.3 is 16.2 Å². The van der Waals surface area contributed by atoms with Crippen molar-refractivity contribution in [3.8, 4) is 16.9 Å². The van der Waals surface area contributed by atoms with Crippen LogP contribution < -0.4 is 16.2 Å². The monoisotopic (exact) mass is 343 g/mol. The number of nitrogens with zero attached hydrogens (tertiary/aromatic N) is 1. The van der Waals surface area contributed by atoms with Crippen LogP contribution >= 0.6 is 0 Å². The predicted molar refractivity (Wildman–Crippen MR) is 93.5 cm³/mol. The van der Waals surface area contributed by atoms with Crippen LogP contribution in [0.25, 0.3) is 11.1 Å². The molecule has 0 unspecified atom stereocenters.